The van der Waals surface area contributed by atoms with Crippen LogP contribution in [0.15, 0.2) is 71.3 Å². The van der Waals surface area contributed by atoms with Gasteiger partial charge in [-0.25, -0.2) is 14.6 Å². The number of aromatic nitrogens is 4. The second-order valence-corrected chi connectivity index (χ2v) is 5.94. The van der Waals surface area contributed by atoms with Crippen LogP contribution in [-0.4, -0.2) is 34.0 Å². The zero-order valence-electron chi connectivity index (χ0n) is 15.5. The van der Waals surface area contributed by atoms with Crippen LogP contribution in [0.3, 0.4) is 0 Å². The predicted octanol–water partition coefficient (Wildman–Crippen LogP) is 4.12. The van der Waals surface area contributed by atoms with E-state index in [0.29, 0.717) is 18.0 Å². The molecule has 0 aliphatic rings. The molecule has 4 rings (SSSR count). The number of hydrogen-bond acceptors (Lipinski definition) is 7. The number of azo groups is 1. The fourth-order valence-corrected chi connectivity index (χ4v) is 2.80. The van der Waals surface area contributed by atoms with E-state index < -0.39 is 0 Å². The summed E-state index contributed by atoms with van der Waals surface area (Å²) in [5.74, 6) is 2.01. The van der Waals surface area contributed by atoms with Crippen LogP contribution in [0.25, 0.3) is 16.7 Å². The summed E-state index contributed by atoms with van der Waals surface area (Å²) in [6, 6.07) is 15.3. The maximum atomic E-state index is 5.28. The molecule has 0 aliphatic heterocycles. The van der Waals surface area contributed by atoms with Gasteiger partial charge in [-0.15, -0.1) is 5.11 Å². The van der Waals surface area contributed by atoms with Crippen molar-refractivity contribution in [3.05, 3.63) is 66.6 Å². The lowest BCUT2D eigenvalue weighted by Gasteiger charge is -2.05. The molecule has 2 aromatic carbocycles. The molecule has 28 heavy (non-hydrogen) atoms. The third-order valence-corrected chi connectivity index (χ3v) is 4.20. The molecule has 0 radical (unpaired) electrons. The van der Waals surface area contributed by atoms with Crippen LogP contribution in [0.4, 0.5) is 5.82 Å². The molecule has 2 aromatic heterocycles. The molecule has 0 spiro atoms. The summed E-state index contributed by atoms with van der Waals surface area (Å²) in [6.07, 6.45) is 3.15. The molecular formula is C20H18N6O2. The van der Waals surface area contributed by atoms with Gasteiger partial charge in [-0.3, -0.25) is 0 Å². The van der Waals surface area contributed by atoms with Crippen LogP contribution >= 0.6 is 0 Å². The second-order valence-electron chi connectivity index (χ2n) is 5.94. The number of benzene rings is 2. The summed E-state index contributed by atoms with van der Waals surface area (Å²) in [7, 11) is 3.27. The third kappa shape index (κ3) is 3.52. The first kappa shape index (κ1) is 17.6. The van der Waals surface area contributed by atoms with Gasteiger partial charge in [0, 0.05) is 6.07 Å². The van der Waals surface area contributed by atoms with Crippen molar-refractivity contribution in [2.75, 3.05) is 14.2 Å². The van der Waals surface area contributed by atoms with E-state index in [9.17, 15) is 0 Å². The maximum Gasteiger partial charge on any atom is 0.188 e. The first-order chi connectivity index (χ1) is 13.8. The van der Waals surface area contributed by atoms with Crippen molar-refractivity contribution in [1.29, 1.82) is 0 Å². The van der Waals surface area contributed by atoms with Gasteiger partial charge in [-0.05, 0) is 29.8 Å². The van der Waals surface area contributed by atoms with E-state index in [2.05, 4.69) is 25.3 Å². The Morgan fingerprint density at radius 3 is 2.57 bits per heavy atom. The summed E-state index contributed by atoms with van der Waals surface area (Å²) in [5, 5.41) is 13.7. The largest absolute Gasteiger partial charge is 0.497 e. The zero-order chi connectivity index (χ0) is 19.3. The molecule has 0 fully saturated rings. The van der Waals surface area contributed by atoms with Crippen molar-refractivity contribution in [1.82, 2.24) is 19.7 Å². The highest BCUT2D eigenvalue weighted by atomic mass is 16.5. The van der Waals surface area contributed by atoms with E-state index >= 15 is 0 Å². The Morgan fingerprint density at radius 1 is 0.964 bits per heavy atom. The van der Waals surface area contributed by atoms with Crippen LogP contribution in [-0.2, 0) is 6.54 Å². The highest BCUT2D eigenvalue weighted by molar-refractivity contribution is 5.85. The van der Waals surface area contributed by atoms with Crippen LogP contribution in [0.2, 0.25) is 0 Å². The Bertz CT molecular complexity index is 1140. The van der Waals surface area contributed by atoms with Crippen molar-refractivity contribution in [3.63, 3.8) is 0 Å². The maximum absolute atomic E-state index is 5.28. The van der Waals surface area contributed by atoms with E-state index in [1.807, 2.05) is 48.5 Å². The Morgan fingerprint density at radius 2 is 1.75 bits per heavy atom. The zero-order valence-corrected chi connectivity index (χ0v) is 15.5. The van der Waals surface area contributed by atoms with E-state index in [1.165, 1.54) is 6.33 Å². The minimum Gasteiger partial charge on any atom is -0.497 e. The topological polar surface area (TPSA) is 86.8 Å². The first-order valence-corrected chi connectivity index (χ1v) is 8.62. The monoisotopic (exact) mass is 374 g/mol. The Labute approximate surface area is 161 Å². The molecule has 0 saturated heterocycles. The quantitative estimate of drug-likeness (QED) is 0.474. The van der Waals surface area contributed by atoms with Gasteiger partial charge in [0.05, 0.1) is 38.0 Å². The van der Waals surface area contributed by atoms with Crippen LogP contribution in [0.5, 0.6) is 11.5 Å². The normalized spacial score (nSPS) is 11.2. The number of hydrogen-bond donors (Lipinski definition) is 0. The minimum atomic E-state index is 0.423. The summed E-state index contributed by atoms with van der Waals surface area (Å²) in [4.78, 5) is 8.59. The van der Waals surface area contributed by atoms with Crippen molar-refractivity contribution in [2.24, 2.45) is 10.2 Å². The fraction of sp³-hybridized carbons (Fsp3) is 0.150. The van der Waals surface area contributed by atoms with E-state index in [0.717, 1.165) is 28.1 Å². The van der Waals surface area contributed by atoms with Crippen molar-refractivity contribution in [3.8, 4) is 17.2 Å². The second kappa shape index (κ2) is 7.83. The average Bonchev–Trinajstić information content (AvgIpc) is 3.19. The molecule has 0 unspecified atom stereocenters. The summed E-state index contributed by atoms with van der Waals surface area (Å²) < 4.78 is 12.2. The Balaban J connectivity index is 1.62. The average molecular weight is 374 g/mol. The number of fused-ring (bicyclic) bond motifs is 1. The molecule has 2 heterocycles. The van der Waals surface area contributed by atoms with Gasteiger partial charge >= 0.3 is 0 Å². The van der Waals surface area contributed by atoms with Gasteiger partial charge in [0.25, 0.3) is 0 Å². The standard InChI is InChI=1S/C20H18N6O2/c1-27-16-7-3-5-14(9-16)11-23-25-19-18-12-24-26(20(18)22-13-21-19)15-6-4-8-17(10-15)28-2/h3-10,12-13H,11H2,1-2H3. The molecule has 0 aliphatic carbocycles. The van der Waals surface area contributed by atoms with Gasteiger partial charge in [-0.2, -0.15) is 10.2 Å². The van der Waals surface area contributed by atoms with Crippen molar-refractivity contribution < 1.29 is 9.47 Å². The van der Waals surface area contributed by atoms with Crippen LogP contribution in [0.1, 0.15) is 5.56 Å². The lowest BCUT2D eigenvalue weighted by Crippen LogP contribution is -1.98. The Hall–Kier alpha value is -3.81. The smallest absolute Gasteiger partial charge is 0.188 e. The molecule has 0 amide bonds. The van der Waals surface area contributed by atoms with Gasteiger partial charge in [0.1, 0.15) is 17.8 Å². The van der Waals surface area contributed by atoms with Gasteiger partial charge in [0.15, 0.2) is 11.5 Å². The molecule has 8 nitrogen and oxygen atoms in total. The van der Waals surface area contributed by atoms with Crippen molar-refractivity contribution in [2.45, 2.75) is 6.54 Å². The highest BCUT2D eigenvalue weighted by Gasteiger charge is 2.11. The molecule has 0 saturated carbocycles. The van der Waals surface area contributed by atoms with E-state index in [4.69, 9.17) is 9.47 Å². The summed E-state index contributed by atoms with van der Waals surface area (Å²) in [6.45, 7) is 0.423. The van der Waals surface area contributed by atoms with Crippen LogP contribution in [0, 0.1) is 0 Å². The number of ether oxygens (including phenoxy) is 2. The van der Waals surface area contributed by atoms with Gasteiger partial charge in [0.2, 0.25) is 0 Å². The lowest BCUT2D eigenvalue weighted by molar-refractivity contribution is 0.414. The number of nitrogens with zero attached hydrogens (tertiary/aromatic N) is 6. The number of rotatable bonds is 6. The molecule has 0 N–H and O–H groups in total. The minimum absolute atomic E-state index is 0.423. The predicted molar refractivity (Wildman–Crippen MR) is 104 cm³/mol. The summed E-state index contributed by atoms with van der Waals surface area (Å²) >= 11 is 0. The SMILES string of the molecule is COc1cccc(CN=Nc2ncnc3c2cnn3-c2cccc(OC)c2)c1. The molecule has 0 atom stereocenters. The first-order valence-electron chi connectivity index (χ1n) is 8.62. The molecule has 4 aromatic rings. The van der Waals surface area contributed by atoms with E-state index in [-0.39, 0.29) is 0 Å². The van der Waals surface area contributed by atoms with Gasteiger partial charge < -0.3 is 9.47 Å². The molecule has 8 heteroatoms. The lowest BCUT2D eigenvalue weighted by atomic mass is 10.2. The number of methoxy groups -OCH3 is 2. The Kier molecular flexibility index (Phi) is 4.92. The molecular weight excluding hydrogens is 356 g/mol. The molecule has 140 valence electrons. The van der Waals surface area contributed by atoms with Crippen LogP contribution < -0.4 is 9.47 Å². The fourth-order valence-electron chi connectivity index (χ4n) is 2.80. The van der Waals surface area contributed by atoms with Gasteiger partial charge in [-0.1, -0.05) is 18.2 Å². The summed E-state index contributed by atoms with van der Waals surface area (Å²) in [5.41, 5.74) is 2.49. The highest BCUT2D eigenvalue weighted by Crippen LogP contribution is 2.25. The third-order valence-electron chi connectivity index (χ3n) is 4.20. The van der Waals surface area contributed by atoms with Crippen molar-refractivity contribution >= 4 is 16.9 Å². The molecule has 0 bridgehead atoms. The van der Waals surface area contributed by atoms with E-state index in [1.54, 1.807) is 25.1 Å².